The van der Waals surface area contributed by atoms with Crippen molar-refractivity contribution in [2.75, 3.05) is 17.1 Å². The Morgan fingerprint density at radius 1 is 1.11 bits per heavy atom. The average Bonchev–Trinajstić information content (AvgIpc) is 3.36. The Labute approximate surface area is 224 Å². The van der Waals surface area contributed by atoms with Crippen LogP contribution in [0.3, 0.4) is 0 Å². The van der Waals surface area contributed by atoms with Crippen molar-refractivity contribution in [3.05, 3.63) is 64.9 Å². The summed E-state index contributed by atoms with van der Waals surface area (Å²) in [5.41, 5.74) is 0.770. The first kappa shape index (κ1) is 28.9. The van der Waals surface area contributed by atoms with E-state index in [-0.39, 0.29) is 49.5 Å². The number of amides is 2. The fourth-order valence-corrected chi connectivity index (χ4v) is 5.80. The second-order valence-electron chi connectivity index (χ2n) is 9.45. The van der Waals surface area contributed by atoms with E-state index in [0.29, 0.717) is 11.4 Å². The molecule has 2 aromatic carbocycles. The number of hydrogen-bond donors (Lipinski definition) is 1. The van der Waals surface area contributed by atoms with E-state index in [2.05, 4.69) is 5.32 Å². The summed E-state index contributed by atoms with van der Waals surface area (Å²) in [6.07, 6.45) is 5.63. The van der Waals surface area contributed by atoms with Gasteiger partial charge in [0.1, 0.15) is 11.9 Å². The minimum Gasteiger partial charge on any atom is -0.352 e. The molecule has 0 heterocycles. The van der Waals surface area contributed by atoms with Crippen molar-refractivity contribution in [1.82, 2.24) is 10.2 Å². The van der Waals surface area contributed by atoms with Gasteiger partial charge in [0.05, 0.1) is 11.9 Å². The van der Waals surface area contributed by atoms with Crippen molar-refractivity contribution in [3.63, 3.8) is 0 Å². The molecule has 10 heteroatoms. The Hall–Kier alpha value is -2.65. The van der Waals surface area contributed by atoms with Gasteiger partial charge in [-0.25, -0.2) is 12.8 Å². The number of rotatable bonds is 12. The van der Waals surface area contributed by atoms with E-state index in [9.17, 15) is 22.4 Å². The summed E-state index contributed by atoms with van der Waals surface area (Å²) in [6, 6.07) is 12.2. The summed E-state index contributed by atoms with van der Waals surface area (Å²) in [5.74, 6) is -1.11. The second-order valence-corrected chi connectivity index (χ2v) is 11.8. The summed E-state index contributed by atoms with van der Waals surface area (Å²) in [5, 5.41) is 3.67. The quantitative estimate of drug-likeness (QED) is 0.407. The highest BCUT2D eigenvalue weighted by Crippen LogP contribution is 2.23. The number of sulfonamides is 1. The zero-order valence-corrected chi connectivity index (χ0v) is 22.9. The zero-order chi connectivity index (χ0) is 27.0. The highest BCUT2D eigenvalue weighted by atomic mass is 35.5. The first-order valence-corrected chi connectivity index (χ1v) is 14.9. The highest BCUT2D eigenvalue weighted by Gasteiger charge is 2.31. The third kappa shape index (κ3) is 8.17. The van der Waals surface area contributed by atoms with Crippen LogP contribution >= 0.6 is 11.6 Å². The van der Waals surface area contributed by atoms with Gasteiger partial charge < -0.3 is 10.2 Å². The van der Waals surface area contributed by atoms with Crippen molar-refractivity contribution >= 4 is 39.1 Å². The molecule has 0 aliphatic heterocycles. The molecule has 1 fully saturated rings. The monoisotopic (exact) mass is 551 g/mol. The molecule has 202 valence electrons. The van der Waals surface area contributed by atoms with Crippen LogP contribution < -0.4 is 9.62 Å². The number of benzene rings is 2. The van der Waals surface area contributed by atoms with Gasteiger partial charge >= 0.3 is 0 Å². The van der Waals surface area contributed by atoms with E-state index in [4.69, 9.17) is 11.6 Å². The molecule has 0 radical (unpaired) electrons. The van der Waals surface area contributed by atoms with Gasteiger partial charge in [-0.3, -0.25) is 13.9 Å². The SMILES string of the molecule is CC[C@H](C(=O)NC1CCCC1)N(Cc1ccc(Cl)cc1)C(=O)CCCN(c1ccccc1F)S(C)(=O)=O. The third-order valence-electron chi connectivity index (χ3n) is 6.63. The predicted octanol–water partition coefficient (Wildman–Crippen LogP) is 4.89. The Kier molecular flexibility index (Phi) is 10.3. The molecule has 0 spiro atoms. The number of nitrogens with one attached hydrogen (secondary N) is 1. The molecule has 3 rings (SSSR count). The average molecular weight is 552 g/mol. The molecular formula is C27H35ClFN3O4S. The number of carbonyl (C=O) groups excluding carboxylic acids is 2. The summed E-state index contributed by atoms with van der Waals surface area (Å²) in [7, 11) is -3.77. The molecule has 1 N–H and O–H groups in total. The third-order valence-corrected chi connectivity index (χ3v) is 8.06. The summed E-state index contributed by atoms with van der Waals surface area (Å²) in [6.45, 7) is 2.02. The number of hydrogen-bond acceptors (Lipinski definition) is 4. The van der Waals surface area contributed by atoms with Gasteiger partial charge in [-0.1, -0.05) is 55.6 Å². The molecule has 0 saturated heterocycles. The van der Waals surface area contributed by atoms with E-state index in [1.54, 1.807) is 23.1 Å². The summed E-state index contributed by atoms with van der Waals surface area (Å²) in [4.78, 5) is 28.2. The number of anilines is 1. The zero-order valence-electron chi connectivity index (χ0n) is 21.3. The molecule has 2 aromatic rings. The molecule has 7 nitrogen and oxygen atoms in total. The van der Waals surface area contributed by atoms with Crippen LogP contribution in [0.2, 0.25) is 5.02 Å². The smallest absolute Gasteiger partial charge is 0.243 e. The van der Waals surface area contributed by atoms with E-state index in [0.717, 1.165) is 41.8 Å². The molecule has 2 amide bonds. The molecule has 37 heavy (non-hydrogen) atoms. The standard InChI is InChI=1S/C27H35ClFN3O4S/c1-3-24(27(34)30-22-9-4-5-10-22)31(19-20-14-16-21(28)17-15-20)26(33)13-8-18-32(37(2,35)36)25-12-7-6-11-23(25)29/h6-7,11-12,14-17,22,24H,3-5,8-10,13,18-19H2,1-2H3,(H,30,34)/t24-/m1/s1. The lowest BCUT2D eigenvalue weighted by molar-refractivity contribution is -0.141. The summed E-state index contributed by atoms with van der Waals surface area (Å²) >= 11 is 6.02. The van der Waals surface area contributed by atoms with Crippen molar-refractivity contribution < 1.29 is 22.4 Å². The van der Waals surface area contributed by atoms with Gasteiger partial charge in [-0.15, -0.1) is 0 Å². The van der Waals surface area contributed by atoms with Gasteiger partial charge in [0.15, 0.2) is 0 Å². The number of halogens is 2. The van der Waals surface area contributed by atoms with Crippen LogP contribution in [0.25, 0.3) is 0 Å². The molecular weight excluding hydrogens is 517 g/mol. The van der Waals surface area contributed by atoms with Crippen LogP contribution in [0.1, 0.15) is 57.4 Å². The van der Waals surface area contributed by atoms with Crippen LogP contribution in [0, 0.1) is 5.82 Å². The van der Waals surface area contributed by atoms with Crippen molar-refractivity contribution in [2.24, 2.45) is 0 Å². The van der Waals surface area contributed by atoms with Gasteiger partial charge in [-0.05, 0) is 55.5 Å². The Balaban J connectivity index is 1.76. The molecule has 1 aliphatic rings. The lowest BCUT2D eigenvalue weighted by atomic mass is 10.1. The maximum Gasteiger partial charge on any atom is 0.243 e. The molecule has 1 saturated carbocycles. The largest absolute Gasteiger partial charge is 0.352 e. The fraction of sp³-hybridized carbons (Fsp3) is 0.481. The molecule has 1 aliphatic carbocycles. The van der Waals surface area contributed by atoms with Crippen molar-refractivity contribution in [2.45, 2.75) is 70.5 Å². The van der Waals surface area contributed by atoms with Crippen molar-refractivity contribution in [1.29, 1.82) is 0 Å². The minimum atomic E-state index is -3.77. The van der Waals surface area contributed by atoms with Crippen LogP contribution in [-0.2, 0) is 26.2 Å². The number of para-hydroxylation sites is 1. The van der Waals surface area contributed by atoms with E-state index in [1.807, 2.05) is 19.1 Å². The van der Waals surface area contributed by atoms with E-state index >= 15 is 0 Å². The molecule has 0 bridgehead atoms. The van der Waals surface area contributed by atoms with Crippen LogP contribution in [0.4, 0.5) is 10.1 Å². The van der Waals surface area contributed by atoms with Crippen molar-refractivity contribution in [3.8, 4) is 0 Å². The van der Waals surface area contributed by atoms with E-state index < -0.39 is 21.9 Å². The number of nitrogens with zero attached hydrogens (tertiary/aromatic N) is 2. The van der Waals surface area contributed by atoms with Crippen LogP contribution in [-0.4, -0.2) is 50.0 Å². The van der Waals surface area contributed by atoms with Crippen LogP contribution in [0.5, 0.6) is 0 Å². The van der Waals surface area contributed by atoms with E-state index in [1.165, 1.54) is 18.2 Å². The Morgan fingerprint density at radius 2 is 1.76 bits per heavy atom. The van der Waals surface area contributed by atoms with Gasteiger partial charge in [-0.2, -0.15) is 0 Å². The summed E-state index contributed by atoms with van der Waals surface area (Å²) < 4.78 is 40.0. The normalized spacial score (nSPS) is 14.8. The lowest BCUT2D eigenvalue weighted by Crippen LogP contribution is -2.51. The maximum atomic E-state index is 14.3. The van der Waals surface area contributed by atoms with Gasteiger partial charge in [0, 0.05) is 30.6 Å². The first-order valence-electron chi connectivity index (χ1n) is 12.7. The number of carbonyl (C=O) groups is 2. The van der Waals surface area contributed by atoms with Gasteiger partial charge in [0.25, 0.3) is 0 Å². The minimum absolute atomic E-state index is 0.00126. The lowest BCUT2D eigenvalue weighted by Gasteiger charge is -2.32. The topological polar surface area (TPSA) is 86.8 Å². The molecule has 1 atom stereocenters. The Bertz CT molecular complexity index is 1170. The highest BCUT2D eigenvalue weighted by molar-refractivity contribution is 7.92. The first-order chi connectivity index (χ1) is 17.6. The molecule has 0 aromatic heterocycles. The second kappa shape index (κ2) is 13.2. The molecule has 0 unspecified atom stereocenters. The Morgan fingerprint density at radius 3 is 2.35 bits per heavy atom. The fourth-order valence-electron chi connectivity index (χ4n) is 4.71. The predicted molar refractivity (Wildman–Crippen MR) is 144 cm³/mol. The maximum absolute atomic E-state index is 14.3. The van der Waals surface area contributed by atoms with Gasteiger partial charge in [0.2, 0.25) is 21.8 Å². The van der Waals surface area contributed by atoms with Crippen LogP contribution in [0.15, 0.2) is 48.5 Å².